The van der Waals surface area contributed by atoms with Crippen molar-refractivity contribution >= 4 is 17.9 Å². The van der Waals surface area contributed by atoms with E-state index in [0.29, 0.717) is 25.4 Å². The third-order valence-corrected chi connectivity index (χ3v) is 5.92. The number of benzene rings is 1. The SMILES string of the molecule is CC(C)CC1(C)N=C(N)N(Cc2ccc(CNC(=O)NC(C)C3=CC=CCC3)cc2)C1=O. The van der Waals surface area contributed by atoms with Gasteiger partial charge in [0.05, 0.1) is 6.54 Å². The van der Waals surface area contributed by atoms with Crippen LogP contribution in [0, 0.1) is 5.92 Å². The second-order valence-electron chi connectivity index (χ2n) is 9.31. The van der Waals surface area contributed by atoms with Crippen molar-refractivity contribution in [2.24, 2.45) is 16.6 Å². The molecule has 1 aliphatic carbocycles. The van der Waals surface area contributed by atoms with Gasteiger partial charge in [0.2, 0.25) is 0 Å². The van der Waals surface area contributed by atoms with E-state index in [-0.39, 0.29) is 23.9 Å². The van der Waals surface area contributed by atoms with Gasteiger partial charge in [-0.25, -0.2) is 9.79 Å². The Labute approximate surface area is 190 Å². The Morgan fingerprint density at radius 2 is 1.91 bits per heavy atom. The third kappa shape index (κ3) is 5.78. The summed E-state index contributed by atoms with van der Waals surface area (Å²) in [5, 5.41) is 5.89. The molecule has 2 unspecified atom stereocenters. The van der Waals surface area contributed by atoms with E-state index < -0.39 is 5.54 Å². The molecular formula is C25H35N5O2. The molecule has 1 aliphatic heterocycles. The highest BCUT2D eigenvalue weighted by Crippen LogP contribution is 2.29. The monoisotopic (exact) mass is 437 g/mol. The maximum Gasteiger partial charge on any atom is 0.315 e. The quantitative estimate of drug-likeness (QED) is 0.579. The molecule has 0 aromatic heterocycles. The van der Waals surface area contributed by atoms with Crippen molar-refractivity contribution in [3.8, 4) is 0 Å². The molecule has 0 spiro atoms. The van der Waals surface area contributed by atoms with Gasteiger partial charge in [-0.15, -0.1) is 0 Å². The number of rotatable bonds is 8. The Bertz CT molecular complexity index is 932. The Kier molecular flexibility index (Phi) is 7.38. The molecule has 0 bridgehead atoms. The average Bonchev–Trinajstić information content (AvgIpc) is 2.96. The third-order valence-electron chi connectivity index (χ3n) is 5.92. The topological polar surface area (TPSA) is 99.8 Å². The molecule has 0 fully saturated rings. The summed E-state index contributed by atoms with van der Waals surface area (Å²) in [6.45, 7) is 8.81. The molecule has 2 atom stereocenters. The van der Waals surface area contributed by atoms with Crippen LogP contribution in [0.25, 0.3) is 0 Å². The number of aliphatic imine (C=N–C) groups is 1. The van der Waals surface area contributed by atoms with E-state index in [4.69, 9.17) is 5.73 Å². The number of nitrogens with zero attached hydrogens (tertiary/aromatic N) is 2. The van der Waals surface area contributed by atoms with Crippen LogP contribution < -0.4 is 16.4 Å². The minimum Gasteiger partial charge on any atom is -0.369 e. The summed E-state index contributed by atoms with van der Waals surface area (Å²) in [7, 11) is 0. The summed E-state index contributed by atoms with van der Waals surface area (Å²) in [4.78, 5) is 31.1. The zero-order valence-electron chi connectivity index (χ0n) is 19.5. The first-order valence-electron chi connectivity index (χ1n) is 11.3. The van der Waals surface area contributed by atoms with Crippen LogP contribution in [0.4, 0.5) is 4.79 Å². The van der Waals surface area contributed by atoms with Crippen molar-refractivity contribution in [3.05, 3.63) is 59.2 Å². The molecule has 0 radical (unpaired) electrons. The number of nitrogens with two attached hydrogens (primary N) is 1. The lowest BCUT2D eigenvalue weighted by Crippen LogP contribution is -2.43. The van der Waals surface area contributed by atoms with Crippen LogP contribution in [0.15, 0.2) is 53.1 Å². The molecule has 0 saturated carbocycles. The normalized spacial score (nSPS) is 21.4. The lowest BCUT2D eigenvalue weighted by molar-refractivity contribution is -0.131. The summed E-state index contributed by atoms with van der Waals surface area (Å²) >= 11 is 0. The first-order valence-corrected chi connectivity index (χ1v) is 11.3. The van der Waals surface area contributed by atoms with Gasteiger partial charge < -0.3 is 16.4 Å². The van der Waals surface area contributed by atoms with E-state index in [2.05, 4.69) is 41.6 Å². The van der Waals surface area contributed by atoms with Gasteiger partial charge in [0, 0.05) is 12.6 Å². The number of guanidine groups is 1. The zero-order chi connectivity index (χ0) is 23.3. The van der Waals surface area contributed by atoms with Crippen molar-refractivity contribution in [1.82, 2.24) is 15.5 Å². The second-order valence-corrected chi connectivity index (χ2v) is 9.31. The van der Waals surface area contributed by atoms with Gasteiger partial charge in [-0.2, -0.15) is 0 Å². The molecular weight excluding hydrogens is 402 g/mol. The highest BCUT2D eigenvalue weighted by atomic mass is 16.2. The fourth-order valence-corrected chi connectivity index (χ4v) is 4.29. The second kappa shape index (κ2) is 10.0. The van der Waals surface area contributed by atoms with Crippen LogP contribution in [0.2, 0.25) is 0 Å². The summed E-state index contributed by atoms with van der Waals surface area (Å²) < 4.78 is 0. The minimum atomic E-state index is -0.781. The van der Waals surface area contributed by atoms with Gasteiger partial charge in [0.25, 0.3) is 5.91 Å². The average molecular weight is 438 g/mol. The summed E-state index contributed by atoms with van der Waals surface area (Å²) in [5.41, 5.74) is 8.46. The maximum atomic E-state index is 12.9. The Balaban J connectivity index is 1.50. The van der Waals surface area contributed by atoms with Crippen LogP contribution in [0.5, 0.6) is 0 Å². The fourth-order valence-electron chi connectivity index (χ4n) is 4.29. The van der Waals surface area contributed by atoms with Gasteiger partial charge >= 0.3 is 6.03 Å². The standard InChI is InChI=1S/C25H35N5O2/c1-17(2)14-25(4)22(31)30(23(26)29-25)16-20-12-10-19(11-13-20)15-27-24(32)28-18(3)21-8-6-5-7-9-21/h5-6,8,10-13,17-18H,7,9,14-16H2,1-4H3,(H2,26,29)(H2,27,28,32). The maximum absolute atomic E-state index is 12.9. The number of amides is 3. The van der Waals surface area contributed by atoms with Crippen LogP contribution in [0.3, 0.4) is 0 Å². The minimum absolute atomic E-state index is 0.00817. The Morgan fingerprint density at radius 1 is 1.22 bits per heavy atom. The number of hydrogen-bond donors (Lipinski definition) is 3. The number of allylic oxidation sites excluding steroid dienone is 3. The first kappa shape index (κ1) is 23.6. The van der Waals surface area contributed by atoms with Gasteiger partial charge in [-0.05, 0) is 55.7 Å². The first-order chi connectivity index (χ1) is 15.2. The number of carbonyl (C=O) groups is 2. The van der Waals surface area contributed by atoms with Crippen LogP contribution in [-0.4, -0.2) is 34.4 Å². The molecule has 32 heavy (non-hydrogen) atoms. The summed E-state index contributed by atoms with van der Waals surface area (Å²) in [6, 6.07) is 7.63. The molecule has 1 aromatic rings. The molecule has 3 amide bonds. The van der Waals surface area contributed by atoms with E-state index in [9.17, 15) is 9.59 Å². The molecule has 3 rings (SSSR count). The van der Waals surface area contributed by atoms with Crippen molar-refractivity contribution in [2.45, 2.75) is 71.6 Å². The predicted molar refractivity (Wildman–Crippen MR) is 128 cm³/mol. The highest BCUT2D eigenvalue weighted by molar-refractivity contribution is 6.06. The summed E-state index contributed by atoms with van der Waals surface area (Å²) in [5.74, 6) is 0.575. The number of hydrogen-bond acceptors (Lipinski definition) is 4. The van der Waals surface area contributed by atoms with Crippen molar-refractivity contribution < 1.29 is 9.59 Å². The van der Waals surface area contributed by atoms with Gasteiger partial charge in [-0.3, -0.25) is 9.69 Å². The smallest absolute Gasteiger partial charge is 0.315 e. The van der Waals surface area contributed by atoms with Crippen molar-refractivity contribution in [1.29, 1.82) is 0 Å². The van der Waals surface area contributed by atoms with Gasteiger partial charge in [0.1, 0.15) is 5.54 Å². The van der Waals surface area contributed by atoms with Crippen LogP contribution in [-0.2, 0) is 17.9 Å². The number of nitrogens with one attached hydrogen (secondary N) is 2. The van der Waals surface area contributed by atoms with E-state index in [1.54, 1.807) is 4.90 Å². The van der Waals surface area contributed by atoms with Crippen molar-refractivity contribution in [2.75, 3.05) is 0 Å². The Morgan fingerprint density at radius 3 is 2.53 bits per heavy atom. The molecule has 7 nitrogen and oxygen atoms in total. The molecule has 4 N–H and O–H groups in total. The molecule has 7 heteroatoms. The predicted octanol–water partition coefficient (Wildman–Crippen LogP) is 3.61. The fraction of sp³-hybridized carbons (Fsp3) is 0.480. The molecule has 1 heterocycles. The zero-order valence-corrected chi connectivity index (χ0v) is 19.5. The van der Waals surface area contributed by atoms with E-state index in [1.807, 2.05) is 44.2 Å². The molecule has 2 aliphatic rings. The van der Waals surface area contributed by atoms with Gasteiger partial charge in [0.15, 0.2) is 5.96 Å². The van der Waals surface area contributed by atoms with Crippen molar-refractivity contribution in [3.63, 3.8) is 0 Å². The van der Waals surface area contributed by atoms with E-state index >= 15 is 0 Å². The lowest BCUT2D eigenvalue weighted by atomic mass is 9.91. The largest absolute Gasteiger partial charge is 0.369 e. The van der Waals surface area contributed by atoms with Gasteiger partial charge in [-0.1, -0.05) is 56.3 Å². The van der Waals surface area contributed by atoms with Crippen LogP contribution in [0.1, 0.15) is 58.1 Å². The van der Waals surface area contributed by atoms with Crippen LogP contribution >= 0.6 is 0 Å². The number of carbonyl (C=O) groups excluding carboxylic acids is 2. The molecule has 0 saturated heterocycles. The Hall–Kier alpha value is -3.09. The lowest BCUT2D eigenvalue weighted by Gasteiger charge is -2.23. The molecule has 1 aromatic carbocycles. The highest BCUT2D eigenvalue weighted by Gasteiger charge is 2.43. The van der Waals surface area contributed by atoms with E-state index in [1.165, 1.54) is 5.57 Å². The number of urea groups is 1. The molecule has 172 valence electrons. The van der Waals surface area contributed by atoms with E-state index in [0.717, 1.165) is 24.0 Å². The summed E-state index contributed by atoms with van der Waals surface area (Å²) in [6.07, 6.45) is 8.90.